The van der Waals surface area contributed by atoms with Gasteiger partial charge in [-0.25, -0.2) is 0 Å². The van der Waals surface area contributed by atoms with Crippen LogP contribution in [-0.4, -0.2) is 29.0 Å². The average molecular weight is 414 g/mol. The molecule has 1 unspecified atom stereocenters. The number of carbonyl (C=O) groups is 1. The van der Waals surface area contributed by atoms with Gasteiger partial charge in [-0.05, 0) is 30.2 Å². The summed E-state index contributed by atoms with van der Waals surface area (Å²) < 4.78 is 29.6. The van der Waals surface area contributed by atoms with Gasteiger partial charge in [-0.3, -0.25) is 9.35 Å². The predicted molar refractivity (Wildman–Crippen MR) is 109 cm³/mol. The Morgan fingerprint density at radius 3 is 2.00 bits per heavy atom. The summed E-state index contributed by atoms with van der Waals surface area (Å²) >= 11 is 0. The minimum absolute atomic E-state index is 0.0666. The number of aliphatic hydroxyl groups excluding tert-OH is 2. The molecule has 6 nitrogen and oxygen atoms in total. The van der Waals surface area contributed by atoms with Crippen LogP contribution in [0.5, 0.6) is 0 Å². The Morgan fingerprint density at radius 2 is 1.45 bits per heavy atom. The Morgan fingerprint density at radius 1 is 0.897 bits per heavy atom. The number of hydrogen-bond acceptors (Lipinski definition) is 5. The second-order valence-electron chi connectivity index (χ2n) is 6.28. The van der Waals surface area contributed by atoms with Gasteiger partial charge in [0.2, 0.25) is 0 Å². The molecule has 0 saturated carbocycles. The van der Waals surface area contributed by atoms with Gasteiger partial charge in [0.25, 0.3) is 10.1 Å². The number of rotatable bonds is 5. The summed E-state index contributed by atoms with van der Waals surface area (Å²) in [7, 11) is -4.02. The highest BCUT2D eigenvalue weighted by Crippen LogP contribution is 2.22. The second-order valence-corrected chi connectivity index (χ2v) is 7.70. The van der Waals surface area contributed by atoms with Crippen LogP contribution >= 0.6 is 0 Å². The quantitative estimate of drug-likeness (QED) is 0.436. The fourth-order valence-corrected chi connectivity index (χ4v) is 3.04. The van der Waals surface area contributed by atoms with E-state index in [2.05, 4.69) is 0 Å². The standard InChI is InChI=1S/C15H14O3.C7H8O3S/c16-10-12-8-4-5-9-13(12)15(18)14(17)11-6-2-1-3-7-11;1-6-2-4-7(5-3-6)11(8,9)10/h1-9,15-16,18H,10H2;2-5H,1H3,(H,8,9,10). The fourth-order valence-electron chi connectivity index (χ4n) is 2.56. The van der Waals surface area contributed by atoms with Crippen molar-refractivity contribution in [3.8, 4) is 0 Å². The molecule has 0 heterocycles. The number of Topliss-reactive ketones (excluding diaryl/α,β-unsaturated/α-hetero) is 1. The normalized spacial score (nSPS) is 11.9. The molecule has 29 heavy (non-hydrogen) atoms. The first-order valence-electron chi connectivity index (χ1n) is 8.74. The monoisotopic (exact) mass is 414 g/mol. The number of carbonyl (C=O) groups excluding carboxylic acids is 1. The van der Waals surface area contributed by atoms with Crippen molar-refractivity contribution in [2.45, 2.75) is 24.5 Å². The van der Waals surface area contributed by atoms with Gasteiger partial charge in [-0.2, -0.15) is 8.42 Å². The van der Waals surface area contributed by atoms with Crippen molar-refractivity contribution in [3.05, 3.63) is 101 Å². The number of aryl methyl sites for hydroxylation is 1. The van der Waals surface area contributed by atoms with Gasteiger partial charge in [0, 0.05) is 5.56 Å². The highest BCUT2D eigenvalue weighted by Gasteiger charge is 2.21. The average Bonchev–Trinajstić information content (AvgIpc) is 2.73. The smallest absolute Gasteiger partial charge is 0.294 e. The molecule has 152 valence electrons. The van der Waals surface area contributed by atoms with E-state index in [0.717, 1.165) is 5.56 Å². The van der Waals surface area contributed by atoms with Gasteiger partial charge < -0.3 is 10.2 Å². The summed E-state index contributed by atoms with van der Waals surface area (Å²) in [6.45, 7) is 1.64. The lowest BCUT2D eigenvalue weighted by molar-refractivity contribution is 0.0743. The summed E-state index contributed by atoms with van der Waals surface area (Å²) in [4.78, 5) is 12.0. The lowest BCUT2D eigenvalue weighted by Gasteiger charge is -2.13. The molecule has 3 aromatic rings. The Kier molecular flexibility index (Phi) is 7.81. The zero-order valence-electron chi connectivity index (χ0n) is 15.8. The van der Waals surface area contributed by atoms with E-state index < -0.39 is 16.2 Å². The van der Waals surface area contributed by atoms with Crippen molar-refractivity contribution in [3.63, 3.8) is 0 Å². The van der Waals surface area contributed by atoms with E-state index in [1.165, 1.54) is 12.1 Å². The highest BCUT2D eigenvalue weighted by molar-refractivity contribution is 7.85. The topological polar surface area (TPSA) is 112 Å². The molecule has 0 amide bonds. The molecule has 7 heteroatoms. The molecular formula is C22H22O6S. The van der Waals surface area contributed by atoms with Crippen LogP contribution in [0.15, 0.2) is 83.8 Å². The largest absolute Gasteiger partial charge is 0.392 e. The van der Waals surface area contributed by atoms with E-state index in [0.29, 0.717) is 16.7 Å². The Balaban J connectivity index is 0.000000234. The van der Waals surface area contributed by atoms with Gasteiger partial charge in [-0.15, -0.1) is 0 Å². The minimum atomic E-state index is -4.02. The first-order valence-corrected chi connectivity index (χ1v) is 10.2. The zero-order valence-corrected chi connectivity index (χ0v) is 16.6. The van der Waals surface area contributed by atoms with Crippen LogP contribution in [0.2, 0.25) is 0 Å². The van der Waals surface area contributed by atoms with Crippen molar-refractivity contribution in [2.75, 3.05) is 0 Å². The molecule has 0 aromatic heterocycles. The van der Waals surface area contributed by atoms with E-state index in [4.69, 9.17) is 4.55 Å². The lowest BCUT2D eigenvalue weighted by Crippen LogP contribution is -2.14. The Labute approximate surface area is 169 Å². The van der Waals surface area contributed by atoms with Crippen LogP contribution < -0.4 is 0 Å². The molecule has 0 saturated heterocycles. The van der Waals surface area contributed by atoms with Crippen molar-refractivity contribution in [2.24, 2.45) is 0 Å². The molecule has 0 radical (unpaired) electrons. The molecule has 0 bridgehead atoms. The van der Waals surface area contributed by atoms with Crippen LogP contribution in [0.4, 0.5) is 0 Å². The van der Waals surface area contributed by atoms with Gasteiger partial charge in [-0.1, -0.05) is 72.3 Å². The van der Waals surface area contributed by atoms with Crippen LogP contribution in [0.25, 0.3) is 0 Å². The van der Waals surface area contributed by atoms with Gasteiger partial charge in [0.1, 0.15) is 6.10 Å². The molecule has 0 aliphatic heterocycles. The van der Waals surface area contributed by atoms with Crippen molar-refractivity contribution >= 4 is 15.9 Å². The summed E-state index contributed by atoms with van der Waals surface area (Å²) in [6.07, 6.45) is -1.24. The summed E-state index contributed by atoms with van der Waals surface area (Å²) in [5.41, 5.74) is 2.43. The van der Waals surface area contributed by atoms with Crippen molar-refractivity contribution in [1.82, 2.24) is 0 Å². The van der Waals surface area contributed by atoms with E-state index in [-0.39, 0.29) is 17.3 Å². The molecule has 3 rings (SSSR count). The molecule has 0 aliphatic rings. The molecule has 0 fully saturated rings. The van der Waals surface area contributed by atoms with E-state index in [1.807, 2.05) is 13.0 Å². The van der Waals surface area contributed by atoms with E-state index in [9.17, 15) is 23.4 Å². The maximum Gasteiger partial charge on any atom is 0.294 e. The summed E-state index contributed by atoms with van der Waals surface area (Å²) in [5.74, 6) is -0.364. The summed E-state index contributed by atoms with van der Waals surface area (Å²) in [6, 6.07) is 21.4. The third-order valence-corrected chi connectivity index (χ3v) is 5.01. The third kappa shape index (κ3) is 6.33. The first-order chi connectivity index (χ1) is 13.7. The number of hydrogen-bond donors (Lipinski definition) is 3. The molecule has 0 spiro atoms. The second kappa shape index (κ2) is 10.1. The minimum Gasteiger partial charge on any atom is -0.392 e. The van der Waals surface area contributed by atoms with E-state index >= 15 is 0 Å². The maximum atomic E-state index is 12.1. The molecular weight excluding hydrogens is 392 g/mol. The van der Waals surface area contributed by atoms with Crippen LogP contribution in [-0.2, 0) is 16.7 Å². The Hall–Kier alpha value is -2.84. The van der Waals surface area contributed by atoms with Crippen LogP contribution in [0.3, 0.4) is 0 Å². The third-order valence-electron chi connectivity index (χ3n) is 4.15. The van der Waals surface area contributed by atoms with Gasteiger partial charge in [0.05, 0.1) is 11.5 Å². The predicted octanol–water partition coefficient (Wildman–Crippen LogP) is 3.34. The van der Waals surface area contributed by atoms with Crippen molar-refractivity contribution < 1.29 is 28.0 Å². The number of benzene rings is 3. The van der Waals surface area contributed by atoms with Crippen LogP contribution in [0.1, 0.15) is 33.2 Å². The maximum absolute atomic E-state index is 12.1. The lowest BCUT2D eigenvalue weighted by atomic mass is 9.96. The molecule has 3 N–H and O–H groups in total. The van der Waals surface area contributed by atoms with Crippen LogP contribution in [0, 0.1) is 6.92 Å². The SMILES string of the molecule is Cc1ccc(S(=O)(=O)O)cc1.O=C(c1ccccc1)C(O)c1ccccc1CO. The number of aliphatic hydroxyl groups is 2. The Bertz CT molecular complexity index is 1040. The molecule has 3 aromatic carbocycles. The fraction of sp³-hybridized carbons (Fsp3) is 0.136. The molecule has 1 atom stereocenters. The molecule has 0 aliphatic carbocycles. The van der Waals surface area contributed by atoms with Crippen molar-refractivity contribution in [1.29, 1.82) is 0 Å². The highest BCUT2D eigenvalue weighted by atomic mass is 32.2. The van der Waals surface area contributed by atoms with E-state index in [1.54, 1.807) is 60.7 Å². The first kappa shape index (κ1) is 22.4. The number of ketones is 1. The zero-order chi connectivity index (χ0) is 21.4. The van der Waals surface area contributed by atoms with Gasteiger partial charge >= 0.3 is 0 Å². The summed E-state index contributed by atoms with van der Waals surface area (Å²) in [5, 5.41) is 19.3. The van der Waals surface area contributed by atoms with Gasteiger partial charge in [0.15, 0.2) is 5.78 Å².